The van der Waals surface area contributed by atoms with E-state index in [9.17, 15) is 18.3 Å². The molecule has 0 unspecified atom stereocenters. The third-order valence-electron chi connectivity index (χ3n) is 2.71. The molecule has 1 aromatic rings. The number of aromatic hydroxyl groups is 1. The van der Waals surface area contributed by atoms with Gasteiger partial charge in [-0.2, -0.15) is 4.31 Å². The number of rotatable bonds is 6. The van der Waals surface area contributed by atoms with Gasteiger partial charge in [-0.15, -0.1) is 0 Å². The van der Waals surface area contributed by atoms with Crippen molar-refractivity contribution >= 4 is 16.0 Å². The smallest absolute Gasteiger partial charge is 0.341 e. The maximum absolute atomic E-state index is 12.3. The van der Waals surface area contributed by atoms with E-state index in [0.29, 0.717) is 0 Å². The maximum atomic E-state index is 12.3. The van der Waals surface area contributed by atoms with E-state index in [-0.39, 0.29) is 35.9 Å². The molecule has 20 heavy (non-hydrogen) atoms. The summed E-state index contributed by atoms with van der Waals surface area (Å²) in [4.78, 5) is 11.3. The Bertz CT molecular complexity index is 584. The summed E-state index contributed by atoms with van der Waals surface area (Å²) in [7, 11) is -2.71. The highest BCUT2D eigenvalue weighted by atomic mass is 32.2. The minimum atomic E-state index is -3.84. The van der Waals surface area contributed by atoms with Crippen LogP contribution in [0.4, 0.5) is 0 Å². The minimum Gasteiger partial charge on any atom is -0.507 e. The molecule has 0 bridgehead atoms. The van der Waals surface area contributed by atoms with E-state index in [1.165, 1.54) is 6.07 Å². The third kappa shape index (κ3) is 3.27. The summed E-state index contributed by atoms with van der Waals surface area (Å²) < 4.78 is 30.2. The number of aliphatic hydroxyl groups excluding tert-OH is 1. The lowest BCUT2D eigenvalue weighted by atomic mass is 10.2. The van der Waals surface area contributed by atoms with Crippen LogP contribution < -0.4 is 0 Å². The van der Waals surface area contributed by atoms with Gasteiger partial charge in [-0.25, -0.2) is 13.2 Å². The number of methoxy groups -OCH3 is 1. The van der Waals surface area contributed by atoms with Crippen LogP contribution in [0, 0.1) is 0 Å². The highest BCUT2D eigenvalue weighted by Gasteiger charge is 2.25. The zero-order valence-corrected chi connectivity index (χ0v) is 12.1. The predicted molar refractivity (Wildman–Crippen MR) is 71.0 cm³/mol. The highest BCUT2D eigenvalue weighted by molar-refractivity contribution is 7.89. The van der Waals surface area contributed by atoms with Gasteiger partial charge >= 0.3 is 5.97 Å². The van der Waals surface area contributed by atoms with Crippen molar-refractivity contribution in [2.24, 2.45) is 0 Å². The Morgan fingerprint density at radius 3 is 2.55 bits per heavy atom. The van der Waals surface area contributed by atoms with E-state index in [0.717, 1.165) is 23.5 Å². The number of ether oxygens (including phenoxy) is 1. The molecule has 0 spiro atoms. The molecule has 0 aliphatic heterocycles. The number of nitrogens with zero attached hydrogens (tertiary/aromatic N) is 1. The van der Waals surface area contributed by atoms with Crippen LogP contribution in [0.25, 0.3) is 0 Å². The summed E-state index contributed by atoms with van der Waals surface area (Å²) in [5.74, 6) is -1.19. The van der Waals surface area contributed by atoms with Crippen molar-refractivity contribution in [1.29, 1.82) is 0 Å². The van der Waals surface area contributed by atoms with Gasteiger partial charge in [-0.1, -0.05) is 6.92 Å². The predicted octanol–water partition coefficient (Wildman–Crippen LogP) is 0.182. The number of phenols is 1. The fourth-order valence-electron chi connectivity index (χ4n) is 1.66. The van der Waals surface area contributed by atoms with E-state index < -0.39 is 16.0 Å². The molecule has 0 aliphatic rings. The number of likely N-dealkylation sites (N-methyl/N-ethyl adjacent to an activating group) is 1. The summed E-state index contributed by atoms with van der Waals surface area (Å²) in [6.45, 7) is 1.45. The monoisotopic (exact) mass is 303 g/mol. The van der Waals surface area contributed by atoms with E-state index >= 15 is 0 Å². The van der Waals surface area contributed by atoms with E-state index in [1.54, 1.807) is 6.92 Å². The van der Waals surface area contributed by atoms with Crippen LogP contribution in [-0.4, -0.2) is 55.7 Å². The average Bonchev–Trinajstić information content (AvgIpc) is 2.43. The summed E-state index contributed by atoms with van der Waals surface area (Å²) in [6.07, 6.45) is 0. The lowest BCUT2D eigenvalue weighted by molar-refractivity contribution is 0.0597. The summed E-state index contributed by atoms with van der Waals surface area (Å²) in [5.41, 5.74) is -0.228. The summed E-state index contributed by atoms with van der Waals surface area (Å²) >= 11 is 0. The van der Waals surface area contributed by atoms with E-state index in [2.05, 4.69) is 4.74 Å². The second kappa shape index (κ2) is 6.69. The molecule has 0 radical (unpaired) electrons. The third-order valence-corrected chi connectivity index (χ3v) is 4.68. The normalized spacial score (nSPS) is 11.6. The van der Waals surface area contributed by atoms with Crippen LogP contribution in [0.2, 0.25) is 0 Å². The molecule has 0 heterocycles. The van der Waals surface area contributed by atoms with Crippen molar-refractivity contribution in [1.82, 2.24) is 4.31 Å². The number of phenolic OH excluding ortho intramolecular Hbond substituents is 1. The van der Waals surface area contributed by atoms with Gasteiger partial charge in [0.2, 0.25) is 10.0 Å². The van der Waals surface area contributed by atoms with Gasteiger partial charge in [0.1, 0.15) is 11.3 Å². The number of sulfonamides is 1. The van der Waals surface area contributed by atoms with Gasteiger partial charge in [0.15, 0.2) is 0 Å². The Balaban J connectivity index is 3.29. The molecule has 0 atom stereocenters. The van der Waals surface area contributed by atoms with Crippen molar-refractivity contribution in [3.05, 3.63) is 23.8 Å². The van der Waals surface area contributed by atoms with Crippen LogP contribution >= 0.6 is 0 Å². The lowest BCUT2D eigenvalue weighted by Gasteiger charge is -2.19. The first-order valence-corrected chi connectivity index (χ1v) is 7.34. The minimum absolute atomic E-state index is 0.0483. The number of carbonyl (C=O) groups excluding carboxylic acids is 1. The van der Waals surface area contributed by atoms with Gasteiger partial charge in [-0.3, -0.25) is 0 Å². The van der Waals surface area contributed by atoms with Crippen LogP contribution in [0.3, 0.4) is 0 Å². The van der Waals surface area contributed by atoms with Gasteiger partial charge in [0.05, 0.1) is 18.6 Å². The second-order valence-corrected chi connectivity index (χ2v) is 5.83. The van der Waals surface area contributed by atoms with E-state index in [4.69, 9.17) is 5.11 Å². The van der Waals surface area contributed by atoms with Crippen molar-refractivity contribution in [2.75, 3.05) is 26.8 Å². The molecule has 0 saturated heterocycles. The quantitative estimate of drug-likeness (QED) is 0.727. The van der Waals surface area contributed by atoms with Crippen LogP contribution in [0.5, 0.6) is 5.75 Å². The molecule has 1 rings (SSSR count). The van der Waals surface area contributed by atoms with Gasteiger partial charge in [-0.05, 0) is 18.2 Å². The van der Waals surface area contributed by atoms with Gasteiger partial charge in [0.25, 0.3) is 0 Å². The first kappa shape index (κ1) is 16.4. The Morgan fingerprint density at radius 2 is 2.05 bits per heavy atom. The van der Waals surface area contributed by atoms with Crippen molar-refractivity contribution in [2.45, 2.75) is 11.8 Å². The molecule has 0 aromatic heterocycles. The Labute approximate surface area is 117 Å². The first-order chi connectivity index (χ1) is 9.38. The number of carbonyl (C=O) groups is 1. The van der Waals surface area contributed by atoms with Crippen molar-refractivity contribution < 1.29 is 28.2 Å². The zero-order valence-electron chi connectivity index (χ0n) is 11.2. The van der Waals surface area contributed by atoms with Crippen LogP contribution in [-0.2, 0) is 14.8 Å². The molecular formula is C12H17NO6S. The molecule has 0 aliphatic carbocycles. The van der Waals surface area contributed by atoms with Gasteiger partial charge < -0.3 is 14.9 Å². The van der Waals surface area contributed by atoms with Gasteiger partial charge in [0, 0.05) is 13.1 Å². The zero-order chi connectivity index (χ0) is 15.3. The van der Waals surface area contributed by atoms with Crippen LogP contribution in [0.15, 0.2) is 23.1 Å². The Morgan fingerprint density at radius 1 is 1.40 bits per heavy atom. The highest BCUT2D eigenvalue weighted by Crippen LogP contribution is 2.24. The fourth-order valence-corrected chi connectivity index (χ4v) is 3.12. The molecule has 0 saturated carbocycles. The molecule has 7 nitrogen and oxygen atoms in total. The summed E-state index contributed by atoms with van der Waals surface area (Å²) in [6, 6.07) is 3.36. The number of benzene rings is 1. The van der Waals surface area contributed by atoms with E-state index in [1.807, 2.05) is 0 Å². The second-order valence-electron chi connectivity index (χ2n) is 3.89. The number of hydrogen-bond donors (Lipinski definition) is 2. The average molecular weight is 303 g/mol. The molecule has 2 N–H and O–H groups in total. The largest absolute Gasteiger partial charge is 0.507 e. The summed E-state index contributed by atoms with van der Waals surface area (Å²) in [5, 5.41) is 18.4. The van der Waals surface area contributed by atoms with Crippen molar-refractivity contribution in [3.8, 4) is 5.75 Å². The number of hydrogen-bond acceptors (Lipinski definition) is 6. The van der Waals surface area contributed by atoms with Crippen molar-refractivity contribution in [3.63, 3.8) is 0 Å². The molecule has 8 heteroatoms. The molecule has 0 amide bonds. The molecule has 112 valence electrons. The standard InChI is InChI=1S/C12H17NO6S/c1-3-13(6-7-14)20(17,18)9-4-5-11(15)10(8-9)12(16)19-2/h4-5,8,14-15H,3,6-7H2,1-2H3. The maximum Gasteiger partial charge on any atom is 0.341 e. The number of aliphatic hydroxyl groups is 1. The molecule has 1 aromatic carbocycles. The lowest BCUT2D eigenvalue weighted by Crippen LogP contribution is -2.33. The Hall–Kier alpha value is -1.64. The molecular weight excluding hydrogens is 286 g/mol. The Kier molecular flexibility index (Phi) is 5.49. The fraction of sp³-hybridized carbons (Fsp3) is 0.417. The van der Waals surface area contributed by atoms with Crippen LogP contribution in [0.1, 0.15) is 17.3 Å². The topological polar surface area (TPSA) is 104 Å². The molecule has 0 fully saturated rings. The number of esters is 1. The first-order valence-electron chi connectivity index (χ1n) is 5.90. The SMILES string of the molecule is CCN(CCO)S(=O)(=O)c1ccc(O)c(C(=O)OC)c1.